The molecule has 4 rings (SSSR count). The highest BCUT2D eigenvalue weighted by molar-refractivity contribution is 5.70. The zero-order chi connectivity index (χ0) is 21.8. The molecule has 0 bridgehead atoms. The van der Waals surface area contributed by atoms with Crippen LogP contribution in [0, 0.1) is 0 Å². The third kappa shape index (κ3) is 4.99. The van der Waals surface area contributed by atoms with Gasteiger partial charge in [-0.2, -0.15) is 4.57 Å². The zero-order valence-corrected chi connectivity index (χ0v) is 21.2. The molecule has 0 spiro atoms. The van der Waals surface area contributed by atoms with E-state index in [4.69, 9.17) is 9.15 Å². The van der Waals surface area contributed by atoms with E-state index in [1.165, 1.54) is 0 Å². The number of hydrogen-bond acceptors (Lipinski definition) is 3. The van der Waals surface area contributed by atoms with Crippen LogP contribution in [-0.4, -0.2) is 6.54 Å². The molecule has 166 valence electrons. The summed E-state index contributed by atoms with van der Waals surface area (Å²) < 4.78 is 14.3. The lowest BCUT2D eigenvalue weighted by Crippen LogP contribution is -3.00. The van der Waals surface area contributed by atoms with Crippen LogP contribution < -0.4 is 38.2 Å². The number of aromatic nitrogens is 1. The highest BCUT2D eigenvalue weighted by atomic mass is 127. The van der Waals surface area contributed by atoms with Gasteiger partial charge in [0.05, 0.1) is 11.8 Å². The average Bonchev–Trinajstić information content (AvgIpc) is 3.29. The van der Waals surface area contributed by atoms with Crippen molar-refractivity contribution >= 4 is 22.9 Å². The van der Waals surface area contributed by atoms with Crippen molar-refractivity contribution in [1.82, 2.24) is 0 Å². The van der Waals surface area contributed by atoms with Crippen molar-refractivity contribution in [1.29, 1.82) is 0 Å². The van der Waals surface area contributed by atoms with Gasteiger partial charge in [0.15, 0.2) is 5.75 Å². The molecule has 1 aliphatic heterocycles. The Morgan fingerprint density at radius 2 is 1.75 bits per heavy atom. The quantitative estimate of drug-likeness (QED) is 0.273. The third-order valence-corrected chi connectivity index (χ3v) is 5.33. The first-order valence-corrected chi connectivity index (χ1v) is 10.8. The lowest BCUT2D eigenvalue weighted by Gasteiger charge is -2.15. The Labute approximate surface area is 207 Å². The molecule has 0 fully saturated rings. The van der Waals surface area contributed by atoms with Crippen molar-refractivity contribution in [2.75, 3.05) is 11.4 Å². The third-order valence-electron chi connectivity index (χ3n) is 5.33. The van der Waals surface area contributed by atoms with Gasteiger partial charge in [0, 0.05) is 18.7 Å². The standard InChI is InChI=1S/C27H29N2O2.HI/c1-5-28-22-14-7-9-16-24(22)30-26(28)18-20(3)12-11-13-21(4)19-27-29(6-2)23-15-8-10-17-25(23)31-27;/h7-19H,5-6H2,1-4H3;1H/q+1;/p-1. The number of fused-ring (bicyclic) bond motifs is 2. The summed E-state index contributed by atoms with van der Waals surface area (Å²) in [4.78, 5) is 2.19. The van der Waals surface area contributed by atoms with E-state index in [1.54, 1.807) is 0 Å². The van der Waals surface area contributed by atoms with Gasteiger partial charge in [-0.3, -0.25) is 0 Å². The number of rotatable bonds is 6. The largest absolute Gasteiger partial charge is 1.00 e. The number of anilines is 1. The molecule has 2 heterocycles. The molecule has 0 amide bonds. The summed E-state index contributed by atoms with van der Waals surface area (Å²) in [5.74, 6) is 2.64. The Bertz CT molecular complexity index is 1220. The maximum Gasteiger partial charge on any atom is 0.374 e. The molecule has 0 saturated carbocycles. The summed E-state index contributed by atoms with van der Waals surface area (Å²) in [7, 11) is 0. The van der Waals surface area contributed by atoms with Gasteiger partial charge < -0.3 is 38.0 Å². The fraction of sp³-hybridized carbons (Fsp3) is 0.222. The minimum atomic E-state index is 0. The summed E-state index contributed by atoms with van der Waals surface area (Å²) in [5, 5.41) is 0. The van der Waals surface area contributed by atoms with E-state index in [1.807, 2.05) is 36.4 Å². The average molecular weight is 540 g/mol. The number of nitrogens with zero attached hydrogens (tertiary/aromatic N) is 2. The number of para-hydroxylation sites is 4. The summed E-state index contributed by atoms with van der Waals surface area (Å²) in [6, 6.07) is 16.3. The van der Waals surface area contributed by atoms with Crippen molar-refractivity contribution in [3.05, 3.63) is 95.8 Å². The van der Waals surface area contributed by atoms with Crippen LogP contribution in [0.4, 0.5) is 5.69 Å². The lowest BCUT2D eigenvalue weighted by molar-refractivity contribution is -0.674. The number of oxazole rings is 1. The lowest BCUT2D eigenvalue weighted by atomic mass is 10.2. The van der Waals surface area contributed by atoms with Crippen LogP contribution in [0.3, 0.4) is 0 Å². The Hall–Kier alpha value is -2.80. The number of hydrogen-bond donors (Lipinski definition) is 0. The van der Waals surface area contributed by atoms with Crippen LogP contribution >= 0.6 is 0 Å². The van der Waals surface area contributed by atoms with Crippen LogP contribution in [0.5, 0.6) is 5.75 Å². The number of benzene rings is 2. The molecule has 0 unspecified atom stereocenters. The Morgan fingerprint density at radius 3 is 2.53 bits per heavy atom. The van der Waals surface area contributed by atoms with Gasteiger partial charge in [-0.05, 0) is 57.0 Å². The van der Waals surface area contributed by atoms with E-state index < -0.39 is 0 Å². The molecule has 1 aromatic heterocycles. The first-order valence-electron chi connectivity index (χ1n) is 10.8. The minimum Gasteiger partial charge on any atom is -1.00 e. The highest BCUT2D eigenvalue weighted by Gasteiger charge is 2.24. The summed E-state index contributed by atoms with van der Waals surface area (Å²) in [5.41, 5.74) is 5.39. The first kappa shape index (κ1) is 23.9. The molecular weight excluding hydrogens is 511 g/mol. The monoisotopic (exact) mass is 540 g/mol. The molecule has 4 nitrogen and oxygen atoms in total. The van der Waals surface area contributed by atoms with Crippen molar-refractivity contribution in [3.63, 3.8) is 0 Å². The van der Waals surface area contributed by atoms with E-state index in [0.717, 1.165) is 58.5 Å². The van der Waals surface area contributed by atoms with Gasteiger partial charge >= 0.3 is 5.89 Å². The molecular formula is C27H29IN2O2. The van der Waals surface area contributed by atoms with Gasteiger partial charge in [0.2, 0.25) is 11.5 Å². The van der Waals surface area contributed by atoms with E-state index in [2.05, 4.69) is 79.7 Å². The molecule has 0 radical (unpaired) electrons. The van der Waals surface area contributed by atoms with Gasteiger partial charge in [-0.1, -0.05) is 42.5 Å². The van der Waals surface area contributed by atoms with E-state index >= 15 is 0 Å². The highest BCUT2D eigenvalue weighted by Crippen LogP contribution is 2.38. The topological polar surface area (TPSA) is 29.5 Å². The second kappa shape index (κ2) is 10.7. The molecule has 0 saturated heterocycles. The first-order chi connectivity index (χ1) is 15.1. The van der Waals surface area contributed by atoms with E-state index in [0.29, 0.717) is 0 Å². The normalized spacial score (nSPS) is 15.4. The molecule has 0 atom stereocenters. The van der Waals surface area contributed by atoms with Crippen LogP contribution in [0.15, 0.2) is 94.3 Å². The van der Waals surface area contributed by atoms with Gasteiger partial charge in [0.25, 0.3) is 5.52 Å². The number of halogens is 1. The maximum atomic E-state index is 6.04. The fourth-order valence-electron chi connectivity index (χ4n) is 3.81. The Kier molecular flexibility index (Phi) is 7.96. The number of aryl methyl sites for hydroxylation is 1. The molecule has 3 aromatic rings. The van der Waals surface area contributed by atoms with Crippen molar-refractivity contribution in [2.24, 2.45) is 0 Å². The predicted octanol–water partition coefficient (Wildman–Crippen LogP) is 3.41. The molecule has 0 aliphatic carbocycles. The van der Waals surface area contributed by atoms with E-state index in [-0.39, 0.29) is 24.0 Å². The summed E-state index contributed by atoms with van der Waals surface area (Å²) in [6.07, 6.45) is 10.4. The van der Waals surface area contributed by atoms with Crippen molar-refractivity contribution in [2.45, 2.75) is 34.2 Å². The second-order valence-corrected chi connectivity index (χ2v) is 7.61. The van der Waals surface area contributed by atoms with Crippen LogP contribution in [0.1, 0.15) is 33.6 Å². The summed E-state index contributed by atoms with van der Waals surface area (Å²) >= 11 is 0. The van der Waals surface area contributed by atoms with Crippen molar-refractivity contribution < 1.29 is 37.7 Å². The van der Waals surface area contributed by atoms with Gasteiger partial charge in [0.1, 0.15) is 6.54 Å². The van der Waals surface area contributed by atoms with Gasteiger partial charge in [-0.25, -0.2) is 0 Å². The fourth-order valence-corrected chi connectivity index (χ4v) is 3.81. The Balaban J connectivity index is 0.00000289. The van der Waals surface area contributed by atoms with Crippen LogP contribution in [0.2, 0.25) is 0 Å². The summed E-state index contributed by atoms with van der Waals surface area (Å²) in [6.45, 7) is 10.2. The minimum absolute atomic E-state index is 0. The SMILES string of the molecule is CCN1C(=CC(C)=CC=CC(C)=Cc2oc3ccccc3[n+]2CC)Oc2ccccc21.[I-]. The molecule has 32 heavy (non-hydrogen) atoms. The molecule has 0 N–H and O–H groups in total. The van der Waals surface area contributed by atoms with E-state index in [9.17, 15) is 0 Å². The van der Waals surface area contributed by atoms with Crippen molar-refractivity contribution in [3.8, 4) is 5.75 Å². The predicted molar refractivity (Wildman–Crippen MR) is 127 cm³/mol. The number of allylic oxidation sites excluding steroid dienone is 6. The molecule has 2 aromatic carbocycles. The smallest absolute Gasteiger partial charge is 0.374 e. The zero-order valence-electron chi connectivity index (χ0n) is 19.0. The Morgan fingerprint density at radius 1 is 1.00 bits per heavy atom. The molecule has 5 heteroatoms. The van der Waals surface area contributed by atoms with Crippen LogP contribution in [-0.2, 0) is 6.54 Å². The van der Waals surface area contributed by atoms with Crippen LogP contribution in [0.25, 0.3) is 17.2 Å². The number of ether oxygens (including phenoxy) is 1. The van der Waals surface area contributed by atoms with Gasteiger partial charge in [-0.15, -0.1) is 0 Å². The molecule has 1 aliphatic rings. The second-order valence-electron chi connectivity index (χ2n) is 7.61. The maximum absolute atomic E-state index is 6.04.